The number of fused-ring (bicyclic) bond motifs is 1. The Balaban J connectivity index is 1.50. The van der Waals surface area contributed by atoms with Crippen molar-refractivity contribution in [1.82, 2.24) is 20.3 Å². The van der Waals surface area contributed by atoms with Crippen LogP contribution in [0.15, 0.2) is 42.7 Å². The number of carbonyl (C=O) groups is 1. The number of benzene rings is 1. The molecular weight excluding hydrogens is 354 g/mol. The van der Waals surface area contributed by atoms with E-state index < -0.39 is 0 Å². The number of hydrogen-bond acceptors (Lipinski definition) is 6. The Morgan fingerprint density at radius 2 is 1.89 bits per heavy atom. The van der Waals surface area contributed by atoms with Gasteiger partial charge in [0, 0.05) is 36.9 Å². The predicted molar refractivity (Wildman–Crippen MR) is 108 cm³/mol. The predicted octanol–water partition coefficient (Wildman–Crippen LogP) is 3.92. The van der Waals surface area contributed by atoms with Crippen LogP contribution in [0.5, 0.6) is 11.5 Å². The van der Waals surface area contributed by atoms with Crippen molar-refractivity contribution in [2.45, 2.75) is 38.1 Å². The lowest BCUT2D eigenvalue weighted by molar-refractivity contribution is 0.0958. The van der Waals surface area contributed by atoms with Crippen molar-refractivity contribution in [3.63, 3.8) is 0 Å². The van der Waals surface area contributed by atoms with Gasteiger partial charge in [0.15, 0.2) is 0 Å². The topological polar surface area (TPSA) is 89.0 Å². The molecule has 28 heavy (non-hydrogen) atoms. The van der Waals surface area contributed by atoms with Crippen molar-refractivity contribution in [1.29, 1.82) is 0 Å². The molecule has 1 fully saturated rings. The van der Waals surface area contributed by atoms with E-state index in [1.54, 1.807) is 25.4 Å². The molecule has 3 aromatic rings. The fourth-order valence-corrected chi connectivity index (χ4v) is 3.44. The number of hydrogen-bond donors (Lipinski definition) is 2. The monoisotopic (exact) mass is 377 g/mol. The standard InChI is InChI=1S/C21H23N5O2/c1-22-20(27)19-12-17(9-10-23-19)28-16-7-8-18-14(11-16)13-24-21(26-18)25-15-5-3-2-4-6-15/h7-13,15H,2-6H2,1H3,(H,22,27)(H,24,25,26). The number of pyridine rings is 1. The maximum Gasteiger partial charge on any atom is 0.269 e. The van der Waals surface area contributed by atoms with E-state index in [4.69, 9.17) is 4.74 Å². The van der Waals surface area contributed by atoms with E-state index in [1.165, 1.54) is 32.1 Å². The van der Waals surface area contributed by atoms with Gasteiger partial charge in [-0.15, -0.1) is 0 Å². The molecule has 144 valence electrons. The molecule has 2 aromatic heterocycles. The van der Waals surface area contributed by atoms with Gasteiger partial charge in [0.2, 0.25) is 5.95 Å². The second-order valence-corrected chi connectivity index (χ2v) is 6.95. The number of amides is 1. The fraction of sp³-hybridized carbons (Fsp3) is 0.333. The first-order valence-electron chi connectivity index (χ1n) is 9.60. The normalized spacial score (nSPS) is 14.6. The van der Waals surface area contributed by atoms with Crippen LogP contribution in [0, 0.1) is 0 Å². The van der Waals surface area contributed by atoms with E-state index in [2.05, 4.69) is 25.6 Å². The molecule has 7 heteroatoms. The molecule has 1 aromatic carbocycles. The first-order valence-corrected chi connectivity index (χ1v) is 9.60. The molecule has 1 amide bonds. The lowest BCUT2D eigenvalue weighted by Crippen LogP contribution is -2.23. The molecule has 1 aliphatic carbocycles. The van der Waals surface area contributed by atoms with Gasteiger partial charge in [0.05, 0.1) is 5.52 Å². The molecule has 2 N–H and O–H groups in total. The van der Waals surface area contributed by atoms with Crippen LogP contribution in [0.4, 0.5) is 5.95 Å². The van der Waals surface area contributed by atoms with E-state index in [0.717, 1.165) is 10.9 Å². The summed E-state index contributed by atoms with van der Waals surface area (Å²) >= 11 is 0. The second kappa shape index (κ2) is 8.21. The molecule has 4 rings (SSSR count). The SMILES string of the molecule is CNC(=O)c1cc(Oc2ccc3nc(NC4CCCCC4)ncc3c2)ccn1. The molecule has 0 saturated heterocycles. The lowest BCUT2D eigenvalue weighted by atomic mass is 9.96. The third kappa shape index (κ3) is 4.19. The molecule has 0 spiro atoms. The molecule has 0 atom stereocenters. The van der Waals surface area contributed by atoms with E-state index in [0.29, 0.717) is 29.2 Å². The van der Waals surface area contributed by atoms with Gasteiger partial charge in [-0.1, -0.05) is 19.3 Å². The summed E-state index contributed by atoms with van der Waals surface area (Å²) in [6, 6.07) is 9.45. The number of nitrogens with one attached hydrogen (secondary N) is 2. The van der Waals surface area contributed by atoms with Crippen molar-refractivity contribution in [3.8, 4) is 11.5 Å². The summed E-state index contributed by atoms with van der Waals surface area (Å²) in [6.45, 7) is 0. The van der Waals surface area contributed by atoms with E-state index in [9.17, 15) is 4.79 Å². The van der Waals surface area contributed by atoms with E-state index in [1.807, 2.05) is 24.4 Å². The van der Waals surface area contributed by atoms with Gasteiger partial charge < -0.3 is 15.4 Å². The van der Waals surface area contributed by atoms with Crippen LogP contribution in [0.3, 0.4) is 0 Å². The minimum Gasteiger partial charge on any atom is -0.457 e. The molecule has 0 radical (unpaired) electrons. The number of ether oxygens (including phenoxy) is 1. The first kappa shape index (κ1) is 18.2. The Bertz CT molecular complexity index is 985. The van der Waals surface area contributed by atoms with Crippen LogP contribution in [0.25, 0.3) is 10.9 Å². The highest BCUT2D eigenvalue weighted by atomic mass is 16.5. The number of rotatable bonds is 5. The summed E-state index contributed by atoms with van der Waals surface area (Å²) in [5.41, 5.74) is 1.17. The summed E-state index contributed by atoms with van der Waals surface area (Å²) in [7, 11) is 1.57. The quantitative estimate of drug-likeness (QED) is 0.700. The van der Waals surface area contributed by atoms with Gasteiger partial charge in [-0.2, -0.15) is 0 Å². The Labute approximate surface area is 163 Å². The van der Waals surface area contributed by atoms with Gasteiger partial charge in [-0.25, -0.2) is 9.97 Å². The smallest absolute Gasteiger partial charge is 0.269 e. The van der Waals surface area contributed by atoms with Crippen molar-refractivity contribution in [2.75, 3.05) is 12.4 Å². The minimum absolute atomic E-state index is 0.254. The molecule has 0 aliphatic heterocycles. The highest BCUT2D eigenvalue weighted by Crippen LogP contribution is 2.26. The molecular formula is C21H23N5O2. The summed E-state index contributed by atoms with van der Waals surface area (Å²) in [4.78, 5) is 24.8. The maximum atomic E-state index is 11.7. The van der Waals surface area contributed by atoms with Gasteiger partial charge in [-0.05, 0) is 37.1 Å². The van der Waals surface area contributed by atoms with Gasteiger partial charge in [0.25, 0.3) is 5.91 Å². The van der Waals surface area contributed by atoms with Crippen molar-refractivity contribution < 1.29 is 9.53 Å². The number of aromatic nitrogens is 3. The highest BCUT2D eigenvalue weighted by Gasteiger charge is 2.14. The maximum absolute atomic E-state index is 11.7. The zero-order valence-corrected chi connectivity index (χ0v) is 15.8. The number of anilines is 1. The summed E-state index contributed by atoms with van der Waals surface area (Å²) < 4.78 is 5.88. The lowest BCUT2D eigenvalue weighted by Gasteiger charge is -2.22. The van der Waals surface area contributed by atoms with Crippen LogP contribution in [-0.2, 0) is 0 Å². The largest absolute Gasteiger partial charge is 0.457 e. The molecule has 7 nitrogen and oxygen atoms in total. The van der Waals surface area contributed by atoms with Crippen molar-refractivity contribution >= 4 is 22.8 Å². The van der Waals surface area contributed by atoms with Crippen LogP contribution >= 0.6 is 0 Å². The van der Waals surface area contributed by atoms with Gasteiger partial charge in [0.1, 0.15) is 17.2 Å². The van der Waals surface area contributed by atoms with Crippen LogP contribution in [-0.4, -0.2) is 33.9 Å². The summed E-state index contributed by atoms with van der Waals surface area (Å²) in [5, 5.41) is 6.90. The Kier molecular flexibility index (Phi) is 5.32. The van der Waals surface area contributed by atoms with Crippen molar-refractivity contribution in [2.24, 2.45) is 0 Å². The zero-order chi connectivity index (χ0) is 19.3. The first-order chi connectivity index (χ1) is 13.7. The number of nitrogens with zero attached hydrogens (tertiary/aromatic N) is 3. The van der Waals surface area contributed by atoms with E-state index >= 15 is 0 Å². The third-order valence-corrected chi connectivity index (χ3v) is 4.92. The fourth-order valence-electron chi connectivity index (χ4n) is 3.44. The minimum atomic E-state index is -0.254. The highest BCUT2D eigenvalue weighted by molar-refractivity contribution is 5.92. The third-order valence-electron chi connectivity index (χ3n) is 4.92. The van der Waals surface area contributed by atoms with Crippen molar-refractivity contribution in [3.05, 3.63) is 48.4 Å². The second-order valence-electron chi connectivity index (χ2n) is 6.95. The Morgan fingerprint density at radius 3 is 2.71 bits per heavy atom. The van der Waals surface area contributed by atoms with E-state index in [-0.39, 0.29) is 5.91 Å². The Morgan fingerprint density at radius 1 is 1.07 bits per heavy atom. The number of carbonyl (C=O) groups excluding carboxylic acids is 1. The molecule has 0 unspecified atom stereocenters. The molecule has 1 aliphatic rings. The molecule has 2 heterocycles. The molecule has 0 bridgehead atoms. The van der Waals surface area contributed by atoms with Crippen LogP contribution < -0.4 is 15.4 Å². The Hall–Kier alpha value is -3.22. The van der Waals surface area contributed by atoms with Crippen LogP contribution in [0.1, 0.15) is 42.6 Å². The van der Waals surface area contributed by atoms with Gasteiger partial charge in [-0.3, -0.25) is 9.78 Å². The average molecular weight is 377 g/mol. The summed E-state index contributed by atoms with van der Waals surface area (Å²) in [5.74, 6) is 1.62. The average Bonchev–Trinajstić information content (AvgIpc) is 2.74. The molecule has 1 saturated carbocycles. The van der Waals surface area contributed by atoms with Crippen LogP contribution in [0.2, 0.25) is 0 Å². The summed E-state index contributed by atoms with van der Waals surface area (Å²) in [6.07, 6.45) is 9.57. The van der Waals surface area contributed by atoms with Gasteiger partial charge >= 0.3 is 0 Å². The zero-order valence-electron chi connectivity index (χ0n) is 15.8.